The van der Waals surface area contributed by atoms with E-state index in [2.05, 4.69) is 10.3 Å². The summed E-state index contributed by atoms with van der Waals surface area (Å²) in [6.07, 6.45) is 2.19. The van der Waals surface area contributed by atoms with E-state index in [1.54, 1.807) is 18.3 Å². The SMILES string of the molecule is CC1(C(=O)Nc2nccs2)Cc2ccc(C(=O)O)cc2C1c1ccccc1. The molecule has 2 N–H and O–H groups in total. The summed E-state index contributed by atoms with van der Waals surface area (Å²) in [4.78, 5) is 28.9. The van der Waals surface area contributed by atoms with Crippen LogP contribution in [0.5, 0.6) is 0 Å². The Hall–Kier alpha value is -2.99. The zero-order chi connectivity index (χ0) is 19.0. The highest BCUT2D eigenvalue weighted by Crippen LogP contribution is 2.51. The van der Waals surface area contributed by atoms with Crippen molar-refractivity contribution in [3.8, 4) is 0 Å². The van der Waals surface area contributed by atoms with Gasteiger partial charge >= 0.3 is 5.97 Å². The minimum Gasteiger partial charge on any atom is -0.478 e. The van der Waals surface area contributed by atoms with Crippen LogP contribution in [0.1, 0.15) is 39.9 Å². The molecular weight excluding hydrogens is 360 g/mol. The van der Waals surface area contributed by atoms with Gasteiger partial charge in [-0.15, -0.1) is 11.3 Å². The van der Waals surface area contributed by atoms with E-state index in [-0.39, 0.29) is 17.4 Å². The summed E-state index contributed by atoms with van der Waals surface area (Å²) in [6, 6.07) is 14.9. The Morgan fingerprint density at radius 1 is 1.22 bits per heavy atom. The van der Waals surface area contributed by atoms with E-state index in [1.807, 2.05) is 48.7 Å². The second kappa shape index (κ2) is 6.63. The number of benzene rings is 2. The highest BCUT2D eigenvalue weighted by atomic mass is 32.1. The molecule has 2 unspecified atom stereocenters. The molecule has 0 spiro atoms. The Morgan fingerprint density at radius 3 is 2.67 bits per heavy atom. The number of nitrogens with one attached hydrogen (secondary N) is 1. The van der Waals surface area contributed by atoms with Gasteiger partial charge in [-0.3, -0.25) is 4.79 Å². The molecule has 27 heavy (non-hydrogen) atoms. The van der Waals surface area contributed by atoms with Gasteiger partial charge in [0.25, 0.3) is 0 Å². The molecule has 1 heterocycles. The zero-order valence-corrected chi connectivity index (χ0v) is 15.5. The van der Waals surface area contributed by atoms with Gasteiger partial charge in [-0.2, -0.15) is 0 Å². The molecule has 0 radical (unpaired) electrons. The fraction of sp³-hybridized carbons (Fsp3) is 0.190. The number of rotatable bonds is 4. The van der Waals surface area contributed by atoms with Crippen molar-refractivity contribution in [2.24, 2.45) is 5.41 Å². The van der Waals surface area contributed by atoms with Gasteiger partial charge in [-0.05, 0) is 42.2 Å². The van der Waals surface area contributed by atoms with Crippen LogP contribution in [0.3, 0.4) is 0 Å². The summed E-state index contributed by atoms with van der Waals surface area (Å²) in [6.45, 7) is 1.94. The number of thiazole rings is 1. The van der Waals surface area contributed by atoms with Crippen molar-refractivity contribution >= 4 is 28.3 Å². The van der Waals surface area contributed by atoms with E-state index in [1.165, 1.54) is 11.3 Å². The van der Waals surface area contributed by atoms with Crippen molar-refractivity contribution in [1.82, 2.24) is 4.98 Å². The van der Waals surface area contributed by atoms with Gasteiger partial charge in [0.2, 0.25) is 5.91 Å². The predicted molar refractivity (Wildman–Crippen MR) is 104 cm³/mol. The number of aromatic carboxylic acids is 1. The Bertz CT molecular complexity index is 1000. The lowest BCUT2D eigenvalue weighted by Gasteiger charge is -2.31. The minimum absolute atomic E-state index is 0.112. The first kappa shape index (κ1) is 17.4. The van der Waals surface area contributed by atoms with Crippen LogP contribution in [0.2, 0.25) is 0 Å². The second-order valence-electron chi connectivity index (χ2n) is 6.95. The van der Waals surface area contributed by atoms with Crippen LogP contribution in [-0.4, -0.2) is 22.0 Å². The fourth-order valence-corrected chi connectivity index (χ4v) is 4.45. The summed E-state index contributed by atoms with van der Waals surface area (Å²) in [5.74, 6) is -1.31. The van der Waals surface area contributed by atoms with E-state index in [0.717, 1.165) is 16.7 Å². The first-order valence-corrected chi connectivity index (χ1v) is 9.49. The van der Waals surface area contributed by atoms with Gasteiger partial charge in [0.05, 0.1) is 11.0 Å². The molecule has 6 heteroatoms. The highest BCUT2D eigenvalue weighted by molar-refractivity contribution is 7.13. The van der Waals surface area contributed by atoms with Gasteiger partial charge in [0.1, 0.15) is 0 Å². The number of anilines is 1. The number of fused-ring (bicyclic) bond motifs is 1. The van der Waals surface area contributed by atoms with Gasteiger partial charge in [0.15, 0.2) is 5.13 Å². The van der Waals surface area contributed by atoms with Crippen molar-refractivity contribution in [3.63, 3.8) is 0 Å². The van der Waals surface area contributed by atoms with Crippen LogP contribution in [0.15, 0.2) is 60.1 Å². The zero-order valence-electron chi connectivity index (χ0n) is 14.7. The minimum atomic E-state index is -0.967. The number of nitrogens with zero attached hydrogens (tertiary/aromatic N) is 1. The first-order valence-electron chi connectivity index (χ1n) is 8.61. The summed E-state index contributed by atoms with van der Waals surface area (Å²) in [7, 11) is 0. The summed E-state index contributed by atoms with van der Waals surface area (Å²) in [5.41, 5.74) is 2.39. The van der Waals surface area contributed by atoms with Gasteiger partial charge in [-0.25, -0.2) is 9.78 Å². The lowest BCUT2D eigenvalue weighted by molar-refractivity contribution is -0.125. The highest BCUT2D eigenvalue weighted by Gasteiger charge is 2.49. The molecule has 5 nitrogen and oxygen atoms in total. The number of aromatic nitrogens is 1. The molecule has 4 rings (SSSR count). The van der Waals surface area contributed by atoms with Crippen LogP contribution in [0.4, 0.5) is 5.13 Å². The third-order valence-corrected chi connectivity index (χ3v) is 5.89. The molecule has 2 atom stereocenters. The second-order valence-corrected chi connectivity index (χ2v) is 7.84. The quantitative estimate of drug-likeness (QED) is 0.714. The van der Waals surface area contributed by atoms with E-state index in [0.29, 0.717) is 11.6 Å². The van der Waals surface area contributed by atoms with Gasteiger partial charge in [-0.1, -0.05) is 36.4 Å². The predicted octanol–water partition coefficient (Wildman–Crippen LogP) is 4.17. The van der Waals surface area contributed by atoms with E-state index >= 15 is 0 Å². The number of hydrogen-bond acceptors (Lipinski definition) is 4. The fourth-order valence-electron chi connectivity index (χ4n) is 3.93. The van der Waals surface area contributed by atoms with E-state index in [4.69, 9.17) is 0 Å². The number of carboxylic acids is 1. The molecule has 1 amide bonds. The number of carboxylic acid groups (broad SMARTS) is 1. The summed E-state index contributed by atoms with van der Waals surface area (Å²) >= 11 is 1.38. The van der Waals surface area contributed by atoms with Crippen molar-refractivity contribution in [2.75, 3.05) is 5.32 Å². The Morgan fingerprint density at radius 2 is 2.00 bits per heavy atom. The Kier molecular flexibility index (Phi) is 4.28. The van der Waals surface area contributed by atoms with Crippen LogP contribution in [-0.2, 0) is 11.2 Å². The standard InChI is InChI=1S/C21H18N2O3S/c1-21(19(26)23-20-22-9-10-27-20)12-15-8-7-14(18(24)25)11-16(15)17(21)13-5-3-2-4-6-13/h2-11,17H,12H2,1H3,(H,24,25)(H,22,23,26). The molecule has 0 saturated carbocycles. The van der Waals surface area contributed by atoms with Crippen molar-refractivity contribution in [3.05, 3.63) is 82.4 Å². The third kappa shape index (κ3) is 3.02. The molecular formula is C21H18N2O3S. The number of carbonyl (C=O) groups is 2. The molecule has 2 aromatic carbocycles. The largest absolute Gasteiger partial charge is 0.478 e. The molecule has 0 saturated heterocycles. The molecule has 0 fully saturated rings. The average Bonchev–Trinajstić information content (AvgIpc) is 3.27. The van der Waals surface area contributed by atoms with Gasteiger partial charge < -0.3 is 10.4 Å². The van der Waals surface area contributed by atoms with Crippen molar-refractivity contribution < 1.29 is 14.7 Å². The lowest BCUT2D eigenvalue weighted by atomic mass is 9.73. The molecule has 0 aliphatic heterocycles. The van der Waals surface area contributed by atoms with Crippen LogP contribution in [0, 0.1) is 5.41 Å². The molecule has 0 bridgehead atoms. The van der Waals surface area contributed by atoms with Crippen LogP contribution in [0.25, 0.3) is 0 Å². The Labute approximate surface area is 160 Å². The van der Waals surface area contributed by atoms with E-state index in [9.17, 15) is 14.7 Å². The van der Waals surface area contributed by atoms with E-state index < -0.39 is 11.4 Å². The molecule has 136 valence electrons. The van der Waals surface area contributed by atoms with Crippen LogP contribution >= 0.6 is 11.3 Å². The smallest absolute Gasteiger partial charge is 0.335 e. The topological polar surface area (TPSA) is 79.3 Å². The maximum absolute atomic E-state index is 13.2. The maximum atomic E-state index is 13.2. The number of hydrogen-bond donors (Lipinski definition) is 2. The maximum Gasteiger partial charge on any atom is 0.335 e. The molecule has 1 aliphatic rings. The Balaban J connectivity index is 1.81. The lowest BCUT2D eigenvalue weighted by Crippen LogP contribution is -2.37. The molecule has 3 aromatic rings. The summed E-state index contributed by atoms with van der Waals surface area (Å²) in [5, 5.41) is 14.7. The van der Waals surface area contributed by atoms with Gasteiger partial charge in [0, 0.05) is 17.5 Å². The monoisotopic (exact) mass is 378 g/mol. The number of amides is 1. The van der Waals surface area contributed by atoms with Crippen LogP contribution < -0.4 is 5.32 Å². The van der Waals surface area contributed by atoms with Crippen molar-refractivity contribution in [1.29, 1.82) is 0 Å². The number of carbonyl (C=O) groups excluding carboxylic acids is 1. The summed E-state index contributed by atoms with van der Waals surface area (Å²) < 4.78 is 0. The normalized spacial score (nSPS) is 20.9. The van der Waals surface area contributed by atoms with Crippen molar-refractivity contribution in [2.45, 2.75) is 19.3 Å². The molecule has 1 aromatic heterocycles. The first-order chi connectivity index (χ1) is 13.0. The average molecular weight is 378 g/mol. The third-order valence-electron chi connectivity index (χ3n) is 5.20. The molecule has 1 aliphatic carbocycles.